The van der Waals surface area contributed by atoms with E-state index in [-0.39, 0.29) is 0 Å². The molecule has 2 unspecified atom stereocenters. The van der Waals surface area contributed by atoms with Gasteiger partial charge >= 0.3 is 6.03 Å². The topological polar surface area (TPSA) is 91.4 Å². The van der Waals surface area contributed by atoms with E-state index in [1.165, 1.54) is 58.9 Å². The van der Waals surface area contributed by atoms with E-state index in [4.69, 9.17) is 0 Å². The molecule has 0 radical (unpaired) electrons. The number of rotatable bonds is 6. The van der Waals surface area contributed by atoms with Crippen molar-refractivity contribution in [3.05, 3.63) is 49.8 Å². The minimum Gasteiger partial charge on any atom is -0.307 e. The Kier molecular flexibility index (Phi) is 6.18. The standard InChI is InChI=1S/C26H32N4O3S2/c31-26(28-25-22-8-2-4-17(22)12-18-5-3-9-23(18)25)29-35(32,33)11-10-24-27-21(16-34-24)15-30-13-19-6-1-7-20(19)14-30/h10-12,16,19-20H,1-9,13-15H2,(H2,28,29,31)/b11-10+. The lowest BCUT2D eigenvalue weighted by molar-refractivity contribution is 0.256. The number of nitrogens with one attached hydrogen (secondary N) is 2. The summed E-state index contributed by atoms with van der Waals surface area (Å²) >= 11 is 1.43. The van der Waals surface area contributed by atoms with E-state index >= 15 is 0 Å². The van der Waals surface area contributed by atoms with E-state index in [1.807, 2.05) is 5.38 Å². The van der Waals surface area contributed by atoms with Gasteiger partial charge in [0.15, 0.2) is 0 Å². The number of hydrogen-bond donors (Lipinski definition) is 2. The molecule has 2 heterocycles. The van der Waals surface area contributed by atoms with E-state index in [0.29, 0.717) is 5.01 Å². The Bertz CT molecular complexity index is 1240. The van der Waals surface area contributed by atoms with Gasteiger partial charge in [-0.05, 0) is 91.5 Å². The van der Waals surface area contributed by atoms with Crippen LogP contribution in [0.4, 0.5) is 10.5 Å². The molecule has 6 rings (SSSR count). The Morgan fingerprint density at radius 1 is 1.06 bits per heavy atom. The first-order valence-corrected chi connectivity index (χ1v) is 15.2. The lowest BCUT2D eigenvalue weighted by Gasteiger charge is -2.16. The smallest absolute Gasteiger partial charge is 0.307 e. The van der Waals surface area contributed by atoms with E-state index in [2.05, 4.69) is 26.0 Å². The molecule has 2 atom stereocenters. The number of likely N-dealkylation sites (tertiary alicyclic amines) is 1. The molecule has 1 aliphatic heterocycles. The van der Waals surface area contributed by atoms with Crippen LogP contribution in [-0.4, -0.2) is 37.4 Å². The van der Waals surface area contributed by atoms with Crippen LogP contribution >= 0.6 is 11.3 Å². The van der Waals surface area contributed by atoms with Crippen LogP contribution in [0.5, 0.6) is 0 Å². The van der Waals surface area contributed by atoms with Gasteiger partial charge in [0.2, 0.25) is 0 Å². The molecule has 3 aliphatic carbocycles. The number of amides is 2. The van der Waals surface area contributed by atoms with E-state index in [1.54, 1.807) is 0 Å². The fourth-order valence-corrected chi connectivity index (χ4v) is 8.05. The van der Waals surface area contributed by atoms with E-state index in [0.717, 1.165) is 86.8 Å². The fourth-order valence-electron chi connectivity index (χ4n) is 6.58. The summed E-state index contributed by atoms with van der Waals surface area (Å²) in [6.45, 7) is 3.11. The third kappa shape index (κ3) is 4.90. The molecule has 2 aromatic rings. The normalized spacial score (nSPS) is 23.5. The van der Waals surface area contributed by atoms with Crippen molar-refractivity contribution < 1.29 is 13.2 Å². The molecular weight excluding hydrogens is 480 g/mol. The highest BCUT2D eigenvalue weighted by atomic mass is 32.2. The number of carbonyl (C=O) groups is 1. The van der Waals surface area contributed by atoms with Crippen molar-refractivity contribution in [3.63, 3.8) is 0 Å². The fraction of sp³-hybridized carbons (Fsp3) is 0.538. The number of urea groups is 1. The number of aryl methyl sites for hydroxylation is 2. The lowest BCUT2D eigenvalue weighted by atomic mass is 9.99. The molecule has 1 aromatic carbocycles. The van der Waals surface area contributed by atoms with Gasteiger partial charge in [0, 0.05) is 30.7 Å². The van der Waals surface area contributed by atoms with Crippen LogP contribution in [0.25, 0.3) is 6.08 Å². The van der Waals surface area contributed by atoms with Crippen LogP contribution < -0.4 is 10.0 Å². The molecule has 2 fully saturated rings. The zero-order valence-corrected chi connectivity index (χ0v) is 21.5. The summed E-state index contributed by atoms with van der Waals surface area (Å²) in [6, 6.07) is 1.58. The van der Waals surface area contributed by atoms with Crippen LogP contribution in [0.1, 0.15) is 65.1 Å². The maximum atomic E-state index is 12.7. The average molecular weight is 513 g/mol. The quantitative estimate of drug-likeness (QED) is 0.596. The number of anilines is 1. The predicted molar refractivity (Wildman–Crippen MR) is 139 cm³/mol. The second-order valence-corrected chi connectivity index (χ2v) is 12.9. The van der Waals surface area contributed by atoms with Crippen LogP contribution in [0.3, 0.4) is 0 Å². The number of aromatic nitrogens is 1. The molecule has 186 valence electrons. The zero-order chi connectivity index (χ0) is 24.0. The monoisotopic (exact) mass is 512 g/mol. The highest BCUT2D eigenvalue weighted by molar-refractivity contribution is 7.93. The molecule has 4 aliphatic rings. The number of carbonyl (C=O) groups excluding carboxylic acids is 1. The molecule has 1 saturated carbocycles. The van der Waals surface area contributed by atoms with Gasteiger partial charge in [-0.1, -0.05) is 12.5 Å². The molecule has 1 saturated heterocycles. The second kappa shape index (κ2) is 9.33. The lowest BCUT2D eigenvalue weighted by Crippen LogP contribution is -2.33. The summed E-state index contributed by atoms with van der Waals surface area (Å²) < 4.78 is 27.3. The summed E-state index contributed by atoms with van der Waals surface area (Å²) in [4.78, 5) is 19.7. The Labute approximate surface area is 211 Å². The molecule has 2 amide bonds. The van der Waals surface area contributed by atoms with Crippen molar-refractivity contribution in [1.29, 1.82) is 0 Å². The van der Waals surface area contributed by atoms with Crippen LogP contribution in [0, 0.1) is 11.8 Å². The Morgan fingerprint density at radius 3 is 2.43 bits per heavy atom. The molecule has 0 spiro atoms. The maximum Gasteiger partial charge on any atom is 0.333 e. The summed E-state index contributed by atoms with van der Waals surface area (Å²) in [6.07, 6.45) is 11.6. The molecule has 2 N–H and O–H groups in total. The summed E-state index contributed by atoms with van der Waals surface area (Å²) in [7, 11) is -3.94. The Hall–Kier alpha value is -2.23. The van der Waals surface area contributed by atoms with Gasteiger partial charge in [0.25, 0.3) is 10.0 Å². The second-order valence-electron chi connectivity index (χ2n) is 10.5. The minimum atomic E-state index is -3.94. The molecule has 1 aromatic heterocycles. The first kappa shape index (κ1) is 23.2. The number of sulfonamides is 1. The summed E-state index contributed by atoms with van der Waals surface area (Å²) in [5.41, 5.74) is 6.74. The average Bonchev–Trinajstić information content (AvgIpc) is 3.60. The van der Waals surface area contributed by atoms with Gasteiger partial charge in [-0.2, -0.15) is 0 Å². The Balaban J connectivity index is 1.08. The molecule has 7 nitrogen and oxygen atoms in total. The van der Waals surface area contributed by atoms with Crippen molar-refractivity contribution in [2.24, 2.45) is 11.8 Å². The highest BCUT2D eigenvalue weighted by Crippen LogP contribution is 2.39. The Morgan fingerprint density at radius 2 is 1.74 bits per heavy atom. The number of nitrogens with zero attached hydrogens (tertiary/aromatic N) is 2. The van der Waals surface area contributed by atoms with E-state index < -0.39 is 16.1 Å². The zero-order valence-electron chi connectivity index (χ0n) is 19.9. The van der Waals surface area contributed by atoms with Crippen molar-refractivity contribution in [2.75, 3.05) is 18.4 Å². The third-order valence-corrected chi connectivity index (χ3v) is 9.92. The van der Waals surface area contributed by atoms with Crippen molar-refractivity contribution in [1.82, 2.24) is 14.6 Å². The number of benzene rings is 1. The summed E-state index contributed by atoms with van der Waals surface area (Å²) in [5.74, 6) is 1.68. The number of thiazole rings is 1. The predicted octanol–water partition coefficient (Wildman–Crippen LogP) is 4.47. The first-order valence-electron chi connectivity index (χ1n) is 12.8. The van der Waals surface area contributed by atoms with Crippen LogP contribution in [-0.2, 0) is 42.3 Å². The first-order chi connectivity index (χ1) is 16.9. The van der Waals surface area contributed by atoms with Gasteiger partial charge in [0.05, 0.1) is 11.1 Å². The molecule has 9 heteroatoms. The third-order valence-electron chi connectivity index (χ3n) is 8.09. The van der Waals surface area contributed by atoms with Gasteiger partial charge in [-0.3, -0.25) is 4.90 Å². The summed E-state index contributed by atoms with van der Waals surface area (Å²) in [5, 5.41) is 6.54. The molecule has 0 bridgehead atoms. The van der Waals surface area contributed by atoms with Gasteiger partial charge < -0.3 is 5.32 Å². The van der Waals surface area contributed by atoms with Gasteiger partial charge in [-0.15, -0.1) is 11.3 Å². The van der Waals surface area contributed by atoms with Crippen molar-refractivity contribution >= 4 is 39.2 Å². The largest absolute Gasteiger partial charge is 0.333 e. The van der Waals surface area contributed by atoms with Crippen molar-refractivity contribution in [2.45, 2.75) is 64.3 Å². The van der Waals surface area contributed by atoms with Gasteiger partial charge in [-0.25, -0.2) is 22.9 Å². The van der Waals surface area contributed by atoms with Gasteiger partial charge in [0.1, 0.15) is 5.01 Å². The van der Waals surface area contributed by atoms with E-state index in [9.17, 15) is 13.2 Å². The molecule has 35 heavy (non-hydrogen) atoms. The minimum absolute atomic E-state index is 0.629. The maximum absolute atomic E-state index is 12.7. The number of hydrogen-bond acceptors (Lipinski definition) is 6. The van der Waals surface area contributed by atoms with Crippen LogP contribution in [0.15, 0.2) is 16.9 Å². The van der Waals surface area contributed by atoms with Crippen LogP contribution in [0.2, 0.25) is 0 Å². The molecular formula is C26H32N4O3S2. The van der Waals surface area contributed by atoms with Crippen molar-refractivity contribution in [3.8, 4) is 0 Å². The SMILES string of the molecule is O=C(Nc1c2c(cc3c1CCC3)CCC2)NS(=O)(=O)/C=C/c1nc(CN2CC3CCCC3C2)cs1. The highest BCUT2D eigenvalue weighted by Gasteiger charge is 2.36. The number of fused-ring (bicyclic) bond motifs is 3.